The van der Waals surface area contributed by atoms with E-state index in [9.17, 15) is 4.79 Å². The molecule has 0 radical (unpaired) electrons. The molecule has 0 saturated carbocycles. The zero-order valence-corrected chi connectivity index (χ0v) is 8.57. The molecule has 0 unspecified atom stereocenters. The van der Waals surface area contributed by atoms with Gasteiger partial charge in [0.15, 0.2) is 22.9 Å². The normalized spacial score (nSPS) is 10.8. The molecule has 3 rings (SSSR count). The van der Waals surface area contributed by atoms with E-state index in [4.69, 9.17) is 9.52 Å². The van der Waals surface area contributed by atoms with E-state index in [0.29, 0.717) is 17.2 Å². The highest BCUT2D eigenvalue weighted by molar-refractivity contribution is 5.93. The standard InChI is InChI=1S/C11H7N3O3/c15-11(16)8-10-12-4-2-5-14(10)9(13-8)7-3-1-6-17-7/h1-6H,(H,15,16). The molecule has 0 bridgehead atoms. The van der Waals surface area contributed by atoms with Gasteiger partial charge in [0.25, 0.3) is 0 Å². The lowest BCUT2D eigenvalue weighted by molar-refractivity contribution is 0.0693. The molecule has 3 aromatic heterocycles. The molecular formula is C11H7N3O3. The Labute approximate surface area is 95.2 Å². The molecular weight excluding hydrogens is 222 g/mol. The van der Waals surface area contributed by atoms with Crippen molar-refractivity contribution in [1.29, 1.82) is 0 Å². The lowest BCUT2D eigenvalue weighted by atomic mass is 10.4. The first kappa shape index (κ1) is 9.59. The Morgan fingerprint density at radius 1 is 1.41 bits per heavy atom. The van der Waals surface area contributed by atoms with Crippen molar-refractivity contribution in [2.75, 3.05) is 0 Å². The summed E-state index contributed by atoms with van der Waals surface area (Å²) in [4.78, 5) is 19.1. The van der Waals surface area contributed by atoms with Crippen molar-refractivity contribution in [1.82, 2.24) is 14.4 Å². The van der Waals surface area contributed by atoms with Gasteiger partial charge in [-0.2, -0.15) is 0 Å². The Kier molecular flexibility index (Phi) is 1.94. The number of carboxylic acids is 1. The molecule has 0 atom stereocenters. The van der Waals surface area contributed by atoms with Crippen LogP contribution in [0.15, 0.2) is 41.3 Å². The molecule has 0 aliphatic carbocycles. The highest BCUT2D eigenvalue weighted by Gasteiger charge is 2.19. The monoisotopic (exact) mass is 229 g/mol. The second-order valence-electron chi connectivity index (χ2n) is 3.38. The third-order valence-electron chi connectivity index (χ3n) is 2.35. The van der Waals surface area contributed by atoms with Crippen molar-refractivity contribution < 1.29 is 14.3 Å². The molecule has 1 N–H and O–H groups in total. The van der Waals surface area contributed by atoms with E-state index in [1.54, 1.807) is 28.8 Å². The fraction of sp³-hybridized carbons (Fsp3) is 0. The summed E-state index contributed by atoms with van der Waals surface area (Å²) < 4.78 is 6.80. The van der Waals surface area contributed by atoms with Crippen LogP contribution >= 0.6 is 0 Å². The van der Waals surface area contributed by atoms with Crippen molar-refractivity contribution >= 4 is 11.6 Å². The minimum absolute atomic E-state index is 0.0861. The summed E-state index contributed by atoms with van der Waals surface area (Å²) in [6, 6.07) is 5.13. The van der Waals surface area contributed by atoms with Gasteiger partial charge in [0, 0.05) is 12.4 Å². The Balaban J connectivity index is 2.37. The summed E-state index contributed by atoms with van der Waals surface area (Å²) in [7, 11) is 0. The molecule has 0 saturated heterocycles. The maximum Gasteiger partial charge on any atom is 0.358 e. The molecule has 0 fully saturated rings. The van der Waals surface area contributed by atoms with Gasteiger partial charge in [-0.1, -0.05) is 0 Å². The summed E-state index contributed by atoms with van der Waals surface area (Å²) >= 11 is 0. The van der Waals surface area contributed by atoms with Crippen LogP contribution in [0, 0.1) is 0 Å². The van der Waals surface area contributed by atoms with E-state index in [1.807, 2.05) is 0 Å². The van der Waals surface area contributed by atoms with E-state index in [1.165, 1.54) is 12.5 Å². The number of aromatic nitrogens is 3. The average Bonchev–Trinajstić information content (AvgIpc) is 2.95. The van der Waals surface area contributed by atoms with Crippen LogP contribution in [0.25, 0.3) is 17.2 Å². The molecule has 6 nitrogen and oxygen atoms in total. The average molecular weight is 229 g/mol. The van der Waals surface area contributed by atoms with Crippen molar-refractivity contribution in [2.45, 2.75) is 0 Å². The number of carbonyl (C=O) groups is 1. The zero-order valence-electron chi connectivity index (χ0n) is 8.57. The Morgan fingerprint density at radius 3 is 3.00 bits per heavy atom. The van der Waals surface area contributed by atoms with E-state index >= 15 is 0 Å². The van der Waals surface area contributed by atoms with Crippen molar-refractivity contribution in [2.24, 2.45) is 0 Å². The smallest absolute Gasteiger partial charge is 0.358 e. The first-order valence-electron chi connectivity index (χ1n) is 4.87. The summed E-state index contributed by atoms with van der Waals surface area (Å²) in [5, 5.41) is 9.05. The molecule has 3 heterocycles. The van der Waals surface area contributed by atoms with Crippen LogP contribution < -0.4 is 0 Å². The van der Waals surface area contributed by atoms with E-state index in [-0.39, 0.29) is 5.69 Å². The third kappa shape index (κ3) is 1.38. The van der Waals surface area contributed by atoms with E-state index < -0.39 is 5.97 Å². The number of hydrogen-bond acceptors (Lipinski definition) is 4. The number of rotatable bonds is 2. The maximum atomic E-state index is 11.1. The van der Waals surface area contributed by atoms with Crippen LogP contribution in [0.3, 0.4) is 0 Å². The van der Waals surface area contributed by atoms with Gasteiger partial charge in [0.1, 0.15) is 0 Å². The molecule has 3 aromatic rings. The number of imidazole rings is 1. The summed E-state index contributed by atoms with van der Waals surface area (Å²) in [6.45, 7) is 0. The van der Waals surface area contributed by atoms with Crippen molar-refractivity contribution in [3.8, 4) is 11.6 Å². The van der Waals surface area contributed by atoms with Crippen LogP contribution in [0.2, 0.25) is 0 Å². The fourth-order valence-electron chi connectivity index (χ4n) is 1.65. The van der Waals surface area contributed by atoms with Crippen LogP contribution in [-0.4, -0.2) is 25.4 Å². The fourth-order valence-corrected chi connectivity index (χ4v) is 1.65. The van der Waals surface area contributed by atoms with Gasteiger partial charge in [0.05, 0.1) is 6.26 Å². The minimum Gasteiger partial charge on any atom is -0.476 e. The van der Waals surface area contributed by atoms with Gasteiger partial charge in [-0.15, -0.1) is 0 Å². The van der Waals surface area contributed by atoms with Gasteiger partial charge in [-0.05, 0) is 18.2 Å². The Morgan fingerprint density at radius 2 is 2.29 bits per heavy atom. The molecule has 0 aliphatic heterocycles. The molecule has 0 amide bonds. The van der Waals surface area contributed by atoms with Gasteiger partial charge < -0.3 is 9.52 Å². The number of nitrogens with zero attached hydrogens (tertiary/aromatic N) is 3. The van der Waals surface area contributed by atoms with Gasteiger partial charge in [-0.3, -0.25) is 4.40 Å². The lowest BCUT2D eigenvalue weighted by Gasteiger charge is -1.95. The first-order chi connectivity index (χ1) is 8.27. The van der Waals surface area contributed by atoms with Gasteiger partial charge in [0.2, 0.25) is 0 Å². The quantitative estimate of drug-likeness (QED) is 0.723. The number of fused-ring (bicyclic) bond motifs is 1. The number of aromatic carboxylic acids is 1. The van der Waals surface area contributed by atoms with Crippen LogP contribution in [0.1, 0.15) is 10.5 Å². The number of hydrogen-bond donors (Lipinski definition) is 1. The third-order valence-corrected chi connectivity index (χ3v) is 2.35. The summed E-state index contributed by atoms with van der Waals surface area (Å²) in [5.74, 6) is -0.185. The molecule has 0 aromatic carbocycles. The number of carboxylic acid groups (broad SMARTS) is 1. The predicted octanol–water partition coefficient (Wildman–Crippen LogP) is 1.69. The maximum absolute atomic E-state index is 11.1. The number of furan rings is 1. The molecule has 6 heteroatoms. The molecule has 0 spiro atoms. The highest BCUT2D eigenvalue weighted by Crippen LogP contribution is 2.21. The molecule has 17 heavy (non-hydrogen) atoms. The van der Waals surface area contributed by atoms with Crippen molar-refractivity contribution in [3.05, 3.63) is 42.5 Å². The second-order valence-corrected chi connectivity index (χ2v) is 3.38. The molecule has 84 valence electrons. The Hall–Kier alpha value is -2.63. The van der Waals surface area contributed by atoms with Crippen LogP contribution in [-0.2, 0) is 0 Å². The largest absolute Gasteiger partial charge is 0.476 e. The predicted molar refractivity (Wildman–Crippen MR) is 57.6 cm³/mol. The zero-order chi connectivity index (χ0) is 11.8. The summed E-state index contributed by atoms with van der Waals surface area (Å²) in [5.41, 5.74) is 0.211. The van der Waals surface area contributed by atoms with Gasteiger partial charge in [-0.25, -0.2) is 14.8 Å². The first-order valence-corrected chi connectivity index (χ1v) is 4.87. The lowest BCUT2D eigenvalue weighted by Crippen LogP contribution is -1.98. The summed E-state index contributed by atoms with van der Waals surface area (Å²) in [6.07, 6.45) is 4.72. The topological polar surface area (TPSA) is 80.6 Å². The second kappa shape index (κ2) is 3.44. The van der Waals surface area contributed by atoms with E-state index in [2.05, 4.69) is 9.97 Å². The molecule has 0 aliphatic rings. The SMILES string of the molecule is O=C(O)c1nc(-c2ccco2)n2cccnc12. The van der Waals surface area contributed by atoms with Crippen LogP contribution in [0.4, 0.5) is 0 Å². The highest BCUT2D eigenvalue weighted by atomic mass is 16.4. The van der Waals surface area contributed by atoms with Crippen molar-refractivity contribution in [3.63, 3.8) is 0 Å². The van der Waals surface area contributed by atoms with Crippen LogP contribution in [0.5, 0.6) is 0 Å². The van der Waals surface area contributed by atoms with E-state index in [0.717, 1.165) is 0 Å². The minimum atomic E-state index is -1.11. The Bertz CT molecular complexity index is 685. The van der Waals surface area contributed by atoms with Gasteiger partial charge >= 0.3 is 5.97 Å².